The second-order valence-corrected chi connectivity index (χ2v) is 9.43. The number of anilines is 1. The summed E-state index contributed by atoms with van der Waals surface area (Å²) < 4.78 is 21.0. The topological polar surface area (TPSA) is 21.3 Å². The van der Waals surface area contributed by atoms with Crippen molar-refractivity contribution in [2.45, 2.75) is 58.1 Å². The molecule has 2 atom stereocenters. The maximum atomic E-state index is 14.9. The molecule has 1 saturated heterocycles. The molecule has 2 nitrogen and oxygen atoms in total. The first-order chi connectivity index (χ1) is 11.2. The van der Waals surface area contributed by atoms with Gasteiger partial charge in [-0.1, -0.05) is 6.92 Å². The Hall–Kier alpha value is -1.39. The zero-order valence-electron chi connectivity index (χ0n) is 14.9. The average Bonchev–Trinajstić information content (AvgIpc) is 3.02. The Morgan fingerprint density at radius 1 is 1.17 bits per heavy atom. The van der Waals surface area contributed by atoms with E-state index in [1.54, 1.807) is 17.4 Å². The maximum Gasteiger partial charge on any atom is 0.133 e. The monoisotopic (exact) mass is 345 g/mol. The van der Waals surface area contributed by atoms with E-state index in [4.69, 9.17) is 4.74 Å². The largest absolute Gasteiger partial charge is 0.377 e. The van der Waals surface area contributed by atoms with Crippen LogP contribution in [0.1, 0.15) is 42.5 Å². The molecule has 1 aromatic heterocycles. The SMILES string of the molecule is Cc1cc(-c2cc3c(cc2F)NC(C)(C)C2OCCC32C)c(C)s1. The number of hydrogen-bond acceptors (Lipinski definition) is 3. The molecule has 4 heteroatoms. The molecule has 2 aliphatic heterocycles. The van der Waals surface area contributed by atoms with Crippen molar-refractivity contribution in [2.75, 3.05) is 11.9 Å². The minimum atomic E-state index is -0.207. The highest BCUT2D eigenvalue weighted by Gasteiger charge is 2.53. The number of nitrogens with one attached hydrogen (secondary N) is 1. The number of benzene rings is 1. The van der Waals surface area contributed by atoms with Crippen molar-refractivity contribution in [3.63, 3.8) is 0 Å². The van der Waals surface area contributed by atoms with Crippen LogP contribution in [-0.4, -0.2) is 18.2 Å². The molecule has 1 fully saturated rings. The summed E-state index contributed by atoms with van der Waals surface area (Å²) >= 11 is 1.72. The van der Waals surface area contributed by atoms with Crippen LogP contribution >= 0.6 is 11.3 Å². The normalized spacial score (nSPS) is 27.5. The molecule has 24 heavy (non-hydrogen) atoms. The predicted molar refractivity (Wildman–Crippen MR) is 98.6 cm³/mol. The van der Waals surface area contributed by atoms with E-state index in [2.05, 4.69) is 52.1 Å². The van der Waals surface area contributed by atoms with Crippen LogP contribution in [0, 0.1) is 19.7 Å². The van der Waals surface area contributed by atoms with E-state index < -0.39 is 0 Å². The third-order valence-corrected chi connectivity index (χ3v) is 6.62. The molecule has 128 valence electrons. The standard InChI is InChI=1S/C20H24FNOS/c1-11-8-13(12(2)24-11)14-9-15-17(10-16(14)21)22-19(3,4)18-20(15,5)6-7-23-18/h8-10,18,22H,6-7H2,1-5H3. The molecule has 0 aliphatic carbocycles. The number of fused-ring (bicyclic) bond motifs is 3. The highest BCUT2D eigenvalue weighted by Crippen LogP contribution is 2.51. The fourth-order valence-electron chi connectivity index (χ4n) is 4.65. The molecular weight excluding hydrogens is 321 g/mol. The highest BCUT2D eigenvalue weighted by atomic mass is 32.1. The van der Waals surface area contributed by atoms with Crippen molar-refractivity contribution in [3.05, 3.63) is 39.3 Å². The third kappa shape index (κ3) is 2.16. The molecule has 0 amide bonds. The molecule has 2 aliphatic rings. The molecule has 2 aromatic rings. The number of ether oxygens (including phenoxy) is 1. The minimum Gasteiger partial charge on any atom is -0.377 e. The predicted octanol–water partition coefficient (Wildman–Crippen LogP) is 5.42. The fourth-order valence-corrected chi connectivity index (χ4v) is 5.59. The Balaban J connectivity index is 1.93. The molecule has 0 bridgehead atoms. The van der Waals surface area contributed by atoms with Gasteiger partial charge in [-0.05, 0) is 63.4 Å². The van der Waals surface area contributed by atoms with Gasteiger partial charge in [-0.15, -0.1) is 11.3 Å². The lowest BCUT2D eigenvalue weighted by atomic mass is 9.66. The van der Waals surface area contributed by atoms with Crippen LogP contribution in [0.15, 0.2) is 18.2 Å². The second-order valence-electron chi connectivity index (χ2n) is 7.97. The molecule has 1 aromatic carbocycles. The number of hydrogen-bond donors (Lipinski definition) is 1. The van der Waals surface area contributed by atoms with Gasteiger partial charge < -0.3 is 10.1 Å². The Labute approximate surface area is 147 Å². The summed E-state index contributed by atoms with van der Waals surface area (Å²) in [7, 11) is 0. The van der Waals surface area contributed by atoms with Crippen LogP contribution in [0.25, 0.3) is 11.1 Å². The lowest BCUT2D eigenvalue weighted by Gasteiger charge is -2.48. The van der Waals surface area contributed by atoms with Crippen molar-refractivity contribution >= 4 is 17.0 Å². The fraction of sp³-hybridized carbons (Fsp3) is 0.500. The van der Waals surface area contributed by atoms with E-state index >= 15 is 0 Å². The van der Waals surface area contributed by atoms with Gasteiger partial charge in [0.2, 0.25) is 0 Å². The summed E-state index contributed by atoms with van der Waals surface area (Å²) in [5.41, 5.74) is 3.54. The smallest absolute Gasteiger partial charge is 0.133 e. The van der Waals surface area contributed by atoms with Crippen LogP contribution < -0.4 is 5.32 Å². The Morgan fingerprint density at radius 3 is 2.58 bits per heavy atom. The van der Waals surface area contributed by atoms with Gasteiger partial charge in [0.25, 0.3) is 0 Å². The summed E-state index contributed by atoms with van der Waals surface area (Å²) in [5.74, 6) is -0.154. The van der Waals surface area contributed by atoms with Crippen LogP contribution in [0.5, 0.6) is 0 Å². The van der Waals surface area contributed by atoms with Gasteiger partial charge in [-0.3, -0.25) is 0 Å². The van der Waals surface area contributed by atoms with Crippen LogP contribution in [0.4, 0.5) is 10.1 Å². The van der Waals surface area contributed by atoms with Gasteiger partial charge in [0.15, 0.2) is 0 Å². The summed E-state index contributed by atoms with van der Waals surface area (Å²) in [4.78, 5) is 2.38. The Morgan fingerprint density at radius 2 is 1.92 bits per heavy atom. The van der Waals surface area contributed by atoms with Gasteiger partial charge in [0.1, 0.15) is 5.82 Å². The summed E-state index contributed by atoms with van der Waals surface area (Å²) in [6.45, 7) is 11.4. The Kier molecular flexibility index (Phi) is 3.39. The molecule has 0 radical (unpaired) electrons. The average molecular weight is 345 g/mol. The highest BCUT2D eigenvalue weighted by molar-refractivity contribution is 7.12. The molecule has 0 spiro atoms. The minimum absolute atomic E-state index is 0.0779. The zero-order valence-corrected chi connectivity index (χ0v) is 15.7. The van der Waals surface area contributed by atoms with Gasteiger partial charge >= 0.3 is 0 Å². The van der Waals surface area contributed by atoms with Crippen molar-refractivity contribution in [3.8, 4) is 11.1 Å². The first kappa shape index (κ1) is 16.1. The molecule has 4 rings (SSSR count). The maximum absolute atomic E-state index is 14.9. The number of aryl methyl sites for hydroxylation is 2. The molecule has 3 heterocycles. The summed E-state index contributed by atoms with van der Waals surface area (Å²) in [6.07, 6.45) is 1.07. The zero-order chi connectivity index (χ0) is 17.3. The molecule has 0 saturated carbocycles. The van der Waals surface area contributed by atoms with Gasteiger partial charge in [0, 0.05) is 33.0 Å². The first-order valence-electron chi connectivity index (χ1n) is 8.53. The number of halogens is 1. The van der Waals surface area contributed by atoms with E-state index in [-0.39, 0.29) is 22.9 Å². The first-order valence-corrected chi connectivity index (χ1v) is 9.35. The lowest BCUT2D eigenvalue weighted by Crippen LogP contribution is -2.56. The van der Waals surface area contributed by atoms with E-state index in [1.165, 1.54) is 15.3 Å². The van der Waals surface area contributed by atoms with Gasteiger partial charge in [0.05, 0.1) is 11.6 Å². The van der Waals surface area contributed by atoms with Crippen molar-refractivity contribution in [2.24, 2.45) is 0 Å². The van der Waals surface area contributed by atoms with Crippen molar-refractivity contribution < 1.29 is 9.13 Å². The lowest BCUT2D eigenvalue weighted by molar-refractivity contribution is 0.0352. The van der Waals surface area contributed by atoms with Gasteiger partial charge in [-0.2, -0.15) is 0 Å². The van der Waals surface area contributed by atoms with E-state index in [0.717, 1.165) is 24.3 Å². The molecular formula is C20H24FNOS. The third-order valence-electron chi connectivity index (χ3n) is 5.65. The van der Waals surface area contributed by atoms with Crippen molar-refractivity contribution in [1.29, 1.82) is 0 Å². The van der Waals surface area contributed by atoms with Crippen molar-refractivity contribution in [1.82, 2.24) is 0 Å². The second kappa shape index (κ2) is 5.06. The van der Waals surface area contributed by atoms with Crippen LogP contribution in [-0.2, 0) is 10.2 Å². The van der Waals surface area contributed by atoms with Crippen LogP contribution in [0.3, 0.4) is 0 Å². The van der Waals surface area contributed by atoms with E-state index in [0.29, 0.717) is 5.56 Å². The van der Waals surface area contributed by atoms with E-state index in [9.17, 15) is 4.39 Å². The molecule has 2 unspecified atom stereocenters. The summed E-state index contributed by atoms with van der Waals surface area (Å²) in [5, 5.41) is 3.51. The number of thiophene rings is 1. The number of rotatable bonds is 1. The quantitative estimate of drug-likeness (QED) is 0.745. The molecule has 1 N–H and O–H groups in total. The van der Waals surface area contributed by atoms with Crippen LogP contribution in [0.2, 0.25) is 0 Å². The van der Waals surface area contributed by atoms with E-state index in [1.807, 2.05) is 0 Å². The van der Waals surface area contributed by atoms with Gasteiger partial charge in [-0.25, -0.2) is 4.39 Å². The summed E-state index contributed by atoms with van der Waals surface area (Å²) in [6, 6.07) is 5.83. The Bertz CT molecular complexity index is 825.